The second-order valence-electron chi connectivity index (χ2n) is 3.75. The van der Waals surface area contributed by atoms with Crippen molar-refractivity contribution in [2.24, 2.45) is 0 Å². The Morgan fingerprint density at radius 1 is 1.29 bits per heavy atom. The Morgan fingerprint density at radius 2 is 1.86 bits per heavy atom. The summed E-state index contributed by atoms with van der Waals surface area (Å²) in [5.41, 5.74) is 0. The number of allylic oxidation sites excluding steroid dienone is 1. The summed E-state index contributed by atoms with van der Waals surface area (Å²) in [7, 11) is -2.12. The fourth-order valence-corrected chi connectivity index (χ4v) is 2.46. The SMILES string of the molecule is CC=CCO[Si](C)(C)CCC(F)(F)F. The van der Waals surface area contributed by atoms with E-state index in [1.165, 1.54) is 0 Å². The van der Waals surface area contributed by atoms with Gasteiger partial charge in [-0.1, -0.05) is 12.2 Å². The van der Waals surface area contributed by atoms with Crippen LogP contribution in [0.1, 0.15) is 13.3 Å². The lowest BCUT2D eigenvalue weighted by Gasteiger charge is -2.22. The van der Waals surface area contributed by atoms with Gasteiger partial charge in [-0.15, -0.1) is 0 Å². The molecule has 0 aliphatic carbocycles. The number of hydrogen-bond acceptors (Lipinski definition) is 1. The number of halogens is 3. The van der Waals surface area contributed by atoms with E-state index in [1.54, 1.807) is 0 Å². The standard InChI is InChI=1S/C9H17F3OSi/c1-4-5-7-13-14(2,3)8-6-9(10,11)12/h4-5H,6-8H2,1-3H3. The summed E-state index contributed by atoms with van der Waals surface area (Å²) < 4.78 is 41.2. The van der Waals surface area contributed by atoms with Crippen LogP contribution in [0.15, 0.2) is 12.2 Å². The zero-order valence-corrected chi connectivity index (χ0v) is 9.82. The molecule has 14 heavy (non-hydrogen) atoms. The molecule has 0 saturated heterocycles. The molecule has 1 nitrogen and oxygen atoms in total. The Balaban J connectivity index is 3.83. The Morgan fingerprint density at radius 3 is 2.29 bits per heavy atom. The van der Waals surface area contributed by atoms with Gasteiger partial charge >= 0.3 is 6.18 Å². The maximum Gasteiger partial charge on any atom is 0.388 e. The van der Waals surface area contributed by atoms with Gasteiger partial charge in [0.25, 0.3) is 0 Å². The summed E-state index contributed by atoms with van der Waals surface area (Å²) in [6.45, 7) is 5.89. The molecule has 0 unspecified atom stereocenters. The van der Waals surface area contributed by atoms with Crippen LogP contribution in [0, 0.1) is 0 Å². The van der Waals surface area contributed by atoms with E-state index in [2.05, 4.69) is 0 Å². The average Bonchev–Trinajstić information content (AvgIpc) is 2.00. The van der Waals surface area contributed by atoms with Crippen molar-refractivity contribution < 1.29 is 17.6 Å². The summed E-state index contributed by atoms with van der Waals surface area (Å²) in [6.07, 6.45) is -1.16. The van der Waals surface area contributed by atoms with Crippen molar-refractivity contribution in [1.82, 2.24) is 0 Å². The van der Waals surface area contributed by atoms with Crippen LogP contribution in [-0.2, 0) is 4.43 Å². The highest BCUT2D eigenvalue weighted by atomic mass is 28.4. The molecule has 0 spiro atoms. The van der Waals surface area contributed by atoms with Gasteiger partial charge in [0.2, 0.25) is 0 Å². The molecule has 0 rings (SSSR count). The normalized spacial score (nSPS) is 13.9. The monoisotopic (exact) mass is 226 g/mol. The molecule has 5 heteroatoms. The van der Waals surface area contributed by atoms with E-state index < -0.39 is 20.9 Å². The third-order valence-corrected chi connectivity index (χ3v) is 4.22. The van der Waals surface area contributed by atoms with Crippen LogP contribution in [0.25, 0.3) is 0 Å². The number of rotatable bonds is 5. The van der Waals surface area contributed by atoms with Gasteiger partial charge < -0.3 is 4.43 Å². The van der Waals surface area contributed by atoms with E-state index in [0.29, 0.717) is 6.61 Å². The average molecular weight is 226 g/mol. The first-order valence-electron chi connectivity index (χ1n) is 4.59. The molecule has 84 valence electrons. The molecule has 0 atom stereocenters. The van der Waals surface area contributed by atoms with Gasteiger partial charge in [-0.25, -0.2) is 0 Å². The first-order valence-corrected chi connectivity index (χ1v) is 7.70. The molecule has 0 aromatic heterocycles. The lowest BCUT2D eigenvalue weighted by atomic mass is 10.5. The Hall–Kier alpha value is -0.293. The molecule has 0 aliphatic rings. The van der Waals surface area contributed by atoms with E-state index in [1.807, 2.05) is 32.2 Å². The summed E-state index contributed by atoms with van der Waals surface area (Å²) in [5.74, 6) is 0. The largest absolute Gasteiger partial charge is 0.414 e. The van der Waals surface area contributed by atoms with Crippen LogP contribution in [0.3, 0.4) is 0 Å². The van der Waals surface area contributed by atoms with Crippen molar-refractivity contribution in [3.05, 3.63) is 12.2 Å². The van der Waals surface area contributed by atoms with Crippen molar-refractivity contribution in [2.75, 3.05) is 6.61 Å². The van der Waals surface area contributed by atoms with Crippen LogP contribution < -0.4 is 0 Å². The van der Waals surface area contributed by atoms with Gasteiger partial charge in [0.15, 0.2) is 8.32 Å². The van der Waals surface area contributed by atoms with Crippen molar-refractivity contribution in [1.29, 1.82) is 0 Å². The minimum absolute atomic E-state index is 0.133. The van der Waals surface area contributed by atoms with Gasteiger partial charge in [-0.3, -0.25) is 0 Å². The van der Waals surface area contributed by atoms with E-state index in [4.69, 9.17) is 4.43 Å². The Labute approximate surface area is 84.1 Å². The highest BCUT2D eigenvalue weighted by Crippen LogP contribution is 2.26. The van der Waals surface area contributed by atoms with Crippen LogP contribution in [0.4, 0.5) is 13.2 Å². The molecule has 0 heterocycles. The number of alkyl halides is 3. The zero-order chi connectivity index (χ0) is 11.2. The zero-order valence-electron chi connectivity index (χ0n) is 8.82. The van der Waals surface area contributed by atoms with E-state index in [9.17, 15) is 13.2 Å². The smallest absolute Gasteiger partial charge is 0.388 e. The third-order valence-electron chi connectivity index (χ3n) is 1.82. The first-order chi connectivity index (χ1) is 6.27. The minimum atomic E-state index is -4.06. The summed E-state index contributed by atoms with van der Waals surface area (Å²) in [6, 6.07) is 0.133. The maximum atomic E-state index is 11.9. The topological polar surface area (TPSA) is 9.23 Å². The second kappa shape index (κ2) is 5.55. The van der Waals surface area contributed by atoms with Crippen molar-refractivity contribution in [3.63, 3.8) is 0 Å². The molecular weight excluding hydrogens is 209 g/mol. The van der Waals surface area contributed by atoms with Gasteiger partial charge in [-0.05, 0) is 26.1 Å². The molecule has 0 fully saturated rings. The number of hydrogen-bond donors (Lipinski definition) is 0. The molecule has 0 radical (unpaired) electrons. The third kappa shape index (κ3) is 8.31. The molecular formula is C9H17F3OSi. The van der Waals surface area contributed by atoms with Gasteiger partial charge in [0, 0.05) is 6.42 Å². The van der Waals surface area contributed by atoms with E-state index in [-0.39, 0.29) is 6.04 Å². The summed E-state index contributed by atoms with van der Waals surface area (Å²) >= 11 is 0. The Kier molecular flexibility index (Phi) is 5.44. The van der Waals surface area contributed by atoms with Crippen molar-refractivity contribution in [3.8, 4) is 0 Å². The fraction of sp³-hybridized carbons (Fsp3) is 0.778. The predicted molar refractivity (Wildman–Crippen MR) is 53.7 cm³/mol. The molecule has 0 saturated carbocycles. The highest BCUT2D eigenvalue weighted by Gasteiger charge is 2.32. The highest BCUT2D eigenvalue weighted by molar-refractivity contribution is 6.71. The lowest BCUT2D eigenvalue weighted by molar-refractivity contribution is -0.131. The second-order valence-corrected chi connectivity index (χ2v) is 8.06. The molecule has 0 aliphatic heterocycles. The van der Waals surface area contributed by atoms with Crippen LogP contribution in [0.5, 0.6) is 0 Å². The van der Waals surface area contributed by atoms with Gasteiger partial charge in [0.05, 0.1) is 6.61 Å². The fourth-order valence-electron chi connectivity index (χ4n) is 0.885. The quantitative estimate of drug-likeness (QED) is 0.512. The summed E-state index contributed by atoms with van der Waals surface area (Å²) in [4.78, 5) is 0. The molecule has 0 aromatic rings. The molecule has 0 bridgehead atoms. The molecule has 0 amide bonds. The van der Waals surface area contributed by atoms with E-state index >= 15 is 0 Å². The van der Waals surface area contributed by atoms with Crippen LogP contribution >= 0.6 is 0 Å². The first kappa shape index (κ1) is 13.7. The Bertz CT molecular complexity index is 187. The maximum absolute atomic E-state index is 11.9. The van der Waals surface area contributed by atoms with Crippen molar-refractivity contribution in [2.45, 2.75) is 38.7 Å². The lowest BCUT2D eigenvalue weighted by Crippen LogP contribution is -2.32. The van der Waals surface area contributed by atoms with Crippen molar-refractivity contribution >= 4 is 8.32 Å². The summed E-state index contributed by atoms with van der Waals surface area (Å²) in [5, 5.41) is 0. The predicted octanol–water partition coefficient (Wildman–Crippen LogP) is 3.74. The van der Waals surface area contributed by atoms with Crippen LogP contribution in [-0.4, -0.2) is 21.1 Å². The van der Waals surface area contributed by atoms with Gasteiger partial charge in [0.1, 0.15) is 0 Å². The van der Waals surface area contributed by atoms with E-state index in [0.717, 1.165) is 0 Å². The molecule has 0 aromatic carbocycles. The van der Waals surface area contributed by atoms with Gasteiger partial charge in [-0.2, -0.15) is 13.2 Å². The van der Waals surface area contributed by atoms with Crippen LogP contribution in [0.2, 0.25) is 19.1 Å². The molecule has 0 N–H and O–H groups in total. The minimum Gasteiger partial charge on any atom is -0.414 e.